The van der Waals surface area contributed by atoms with Crippen LogP contribution in [0.25, 0.3) is 0 Å². The molecule has 0 bridgehead atoms. The number of hydrogen-bond acceptors (Lipinski definition) is 1. The van der Waals surface area contributed by atoms with Gasteiger partial charge in [0.1, 0.15) is 0 Å². The largest absolute Gasteiger partial charge is 0.396 e. The molecular weight excluding hydrogens is 256 g/mol. The molecule has 0 aromatic heterocycles. The maximum Gasteiger partial charge on any atom is 0.0431 e. The molecule has 0 spiro atoms. The Morgan fingerprint density at radius 3 is 1.95 bits per heavy atom. The number of hydrogen-bond donors (Lipinski definition) is 1. The minimum Gasteiger partial charge on any atom is -0.396 e. The normalized spacial score (nSPS) is 14.8. The van der Waals surface area contributed by atoms with E-state index in [-0.39, 0.29) is 0 Å². The number of halogens is 1. The fourth-order valence-electron chi connectivity index (χ4n) is 2.77. The highest BCUT2D eigenvalue weighted by Crippen LogP contribution is 2.28. The van der Waals surface area contributed by atoms with Crippen molar-refractivity contribution in [3.63, 3.8) is 0 Å². The van der Waals surface area contributed by atoms with Crippen LogP contribution in [0.5, 0.6) is 0 Å². The van der Waals surface area contributed by atoms with Gasteiger partial charge in [0.15, 0.2) is 0 Å². The monoisotopic (exact) mass is 290 g/mol. The molecule has 2 unspecified atom stereocenters. The molecule has 0 aromatic rings. The van der Waals surface area contributed by atoms with Crippen molar-refractivity contribution >= 4 is 11.6 Å². The van der Waals surface area contributed by atoms with Crippen LogP contribution < -0.4 is 0 Å². The van der Waals surface area contributed by atoms with Gasteiger partial charge in [0.25, 0.3) is 0 Å². The highest BCUT2D eigenvalue weighted by Gasteiger charge is 2.21. The van der Waals surface area contributed by atoms with Crippen LogP contribution in [0.4, 0.5) is 0 Å². The van der Waals surface area contributed by atoms with Crippen molar-refractivity contribution in [1.82, 2.24) is 0 Å². The van der Waals surface area contributed by atoms with E-state index in [0.29, 0.717) is 23.8 Å². The minimum absolute atomic E-state index is 0.294. The second-order valence-electron chi connectivity index (χ2n) is 6.20. The molecule has 0 aromatic carbocycles. The summed E-state index contributed by atoms with van der Waals surface area (Å²) < 4.78 is 0. The predicted molar refractivity (Wildman–Crippen MR) is 86.9 cm³/mol. The molecule has 0 heterocycles. The summed E-state index contributed by atoms with van der Waals surface area (Å²) >= 11 is 6.56. The summed E-state index contributed by atoms with van der Waals surface area (Å²) in [5, 5.41) is 9.25. The average Bonchev–Trinajstić information content (AvgIpc) is 2.37. The van der Waals surface area contributed by atoms with E-state index in [9.17, 15) is 0 Å². The SMILES string of the molecule is CCCCCCCCCC(Cl)C(CCCO)C(C)C. The van der Waals surface area contributed by atoms with Crippen molar-refractivity contribution in [2.75, 3.05) is 6.61 Å². The van der Waals surface area contributed by atoms with Crippen LogP contribution in [0.2, 0.25) is 0 Å². The molecule has 0 saturated heterocycles. The van der Waals surface area contributed by atoms with Crippen LogP contribution >= 0.6 is 11.6 Å². The van der Waals surface area contributed by atoms with E-state index in [4.69, 9.17) is 16.7 Å². The third-order valence-electron chi connectivity index (χ3n) is 4.10. The molecule has 0 aliphatic heterocycles. The number of rotatable bonds is 13. The lowest BCUT2D eigenvalue weighted by molar-refractivity contribution is 0.248. The molecule has 2 heteroatoms. The van der Waals surface area contributed by atoms with Crippen molar-refractivity contribution in [1.29, 1.82) is 0 Å². The molecule has 1 N–H and O–H groups in total. The molecule has 0 saturated carbocycles. The van der Waals surface area contributed by atoms with Gasteiger partial charge in [-0.1, -0.05) is 65.7 Å². The molecule has 19 heavy (non-hydrogen) atoms. The summed E-state index contributed by atoms with van der Waals surface area (Å²) in [7, 11) is 0. The highest BCUT2D eigenvalue weighted by atomic mass is 35.5. The first-order valence-corrected chi connectivity index (χ1v) is 8.82. The van der Waals surface area contributed by atoms with Crippen molar-refractivity contribution in [3.8, 4) is 0 Å². The number of aliphatic hydroxyl groups is 1. The smallest absolute Gasteiger partial charge is 0.0431 e. The molecule has 116 valence electrons. The Hall–Kier alpha value is 0.250. The van der Waals surface area contributed by atoms with Gasteiger partial charge in [-0.05, 0) is 31.1 Å². The molecule has 0 radical (unpaired) electrons. The number of unbranched alkanes of at least 4 members (excludes halogenated alkanes) is 6. The molecule has 0 aliphatic rings. The van der Waals surface area contributed by atoms with Crippen LogP contribution in [-0.4, -0.2) is 17.1 Å². The number of alkyl halides is 1. The molecular formula is C17H35ClO. The lowest BCUT2D eigenvalue weighted by Gasteiger charge is -2.25. The summed E-state index contributed by atoms with van der Waals surface area (Å²) in [4.78, 5) is 0. The van der Waals surface area contributed by atoms with Gasteiger partial charge in [-0.25, -0.2) is 0 Å². The second kappa shape index (κ2) is 13.2. The average molecular weight is 291 g/mol. The maximum absolute atomic E-state index is 8.95. The zero-order valence-corrected chi connectivity index (χ0v) is 14.1. The quantitative estimate of drug-likeness (QED) is 0.337. The molecule has 0 aliphatic carbocycles. The van der Waals surface area contributed by atoms with E-state index in [1.165, 1.54) is 44.9 Å². The Morgan fingerprint density at radius 1 is 0.842 bits per heavy atom. The summed E-state index contributed by atoms with van der Waals surface area (Å²) in [6.45, 7) is 7.06. The van der Waals surface area contributed by atoms with E-state index in [2.05, 4.69) is 20.8 Å². The molecule has 1 nitrogen and oxygen atoms in total. The van der Waals surface area contributed by atoms with E-state index >= 15 is 0 Å². The van der Waals surface area contributed by atoms with E-state index in [1.807, 2.05) is 0 Å². The third-order valence-corrected chi connectivity index (χ3v) is 4.64. The Labute approximate surface area is 126 Å². The molecule has 0 fully saturated rings. The van der Waals surface area contributed by atoms with E-state index in [0.717, 1.165) is 19.3 Å². The molecule has 0 amide bonds. The highest BCUT2D eigenvalue weighted by molar-refractivity contribution is 6.20. The summed E-state index contributed by atoms with van der Waals surface area (Å²) in [6.07, 6.45) is 12.6. The first kappa shape index (κ1) is 19.2. The van der Waals surface area contributed by atoms with Gasteiger partial charge in [0.2, 0.25) is 0 Å². The van der Waals surface area contributed by atoms with Gasteiger partial charge in [0.05, 0.1) is 0 Å². The first-order chi connectivity index (χ1) is 9.13. The van der Waals surface area contributed by atoms with Crippen molar-refractivity contribution in [2.24, 2.45) is 11.8 Å². The maximum atomic E-state index is 8.95. The lowest BCUT2D eigenvalue weighted by atomic mass is 9.86. The van der Waals surface area contributed by atoms with Gasteiger partial charge in [-0.2, -0.15) is 0 Å². The minimum atomic E-state index is 0.294. The van der Waals surface area contributed by atoms with Crippen LogP contribution in [0.3, 0.4) is 0 Å². The summed E-state index contributed by atoms with van der Waals surface area (Å²) in [5.41, 5.74) is 0. The van der Waals surface area contributed by atoms with Crippen LogP contribution in [-0.2, 0) is 0 Å². The fourth-order valence-corrected chi connectivity index (χ4v) is 3.34. The van der Waals surface area contributed by atoms with Crippen molar-refractivity contribution < 1.29 is 5.11 Å². The standard InChI is InChI=1S/C17H35ClO/c1-4-5-6-7-8-9-10-13-17(18)16(15(2)3)12-11-14-19/h15-17,19H,4-14H2,1-3H3. The number of aliphatic hydroxyl groups excluding tert-OH is 1. The van der Waals surface area contributed by atoms with E-state index < -0.39 is 0 Å². The summed E-state index contributed by atoms with van der Waals surface area (Å²) in [6, 6.07) is 0. The van der Waals surface area contributed by atoms with Crippen LogP contribution in [0.1, 0.15) is 85.0 Å². The zero-order valence-electron chi connectivity index (χ0n) is 13.3. The van der Waals surface area contributed by atoms with Gasteiger partial charge in [-0.3, -0.25) is 0 Å². The Bertz CT molecular complexity index is 182. The predicted octanol–water partition coefficient (Wildman–Crippen LogP) is 5.78. The lowest BCUT2D eigenvalue weighted by Crippen LogP contribution is -2.21. The molecule has 2 atom stereocenters. The van der Waals surface area contributed by atoms with Crippen LogP contribution in [0, 0.1) is 11.8 Å². The topological polar surface area (TPSA) is 20.2 Å². The second-order valence-corrected chi connectivity index (χ2v) is 6.76. The Balaban J connectivity index is 3.65. The van der Waals surface area contributed by atoms with Gasteiger partial charge >= 0.3 is 0 Å². The Kier molecular flexibility index (Phi) is 13.4. The first-order valence-electron chi connectivity index (χ1n) is 8.38. The fraction of sp³-hybridized carbons (Fsp3) is 1.00. The third kappa shape index (κ3) is 10.7. The van der Waals surface area contributed by atoms with Gasteiger partial charge < -0.3 is 5.11 Å². The van der Waals surface area contributed by atoms with Gasteiger partial charge in [0, 0.05) is 12.0 Å². The van der Waals surface area contributed by atoms with Crippen LogP contribution in [0.15, 0.2) is 0 Å². The van der Waals surface area contributed by atoms with E-state index in [1.54, 1.807) is 0 Å². The molecule has 0 rings (SSSR count). The van der Waals surface area contributed by atoms with Crippen molar-refractivity contribution in [3.05, 3.63) is 0 Å². The summed E-state index contributed by atoms with van der Waals surface area (Å²) in [5.74, 6) is 1.19. The van der Waals surface area contributed by atoms with Gasteiger partial charge in [-0.15, -0.1) is 11.6 Å². The zero-order chi connectivity index (χ0) is 14.5. The Morgan fingerprint density at radius 2 is 1.42 bits per heavy atom. The van der Waals surface area contributed by atoms with Crippen molar-refractivity contribution in [2.45, 2.75) is 90.4 Å².